The van der Waals surface area contributed by atoms with Crippen molar-refractivity contribution in [1.82, 2.24) is 15.1 Å². The summed E-state index contributed by atoms with van der Waals surface area (Å²) in [6.45, 7) is 7.14. The molecule has 1 heterocycles. The number of carbonyl (C=O) groups is 2. The molecule has 0 bridgehead atoms. The van der Waals surface area contributed by atoms with Crippen LogP contribution in [-0.2, 0) is 16.1 Å². The van der Waals surface area contributed by atoms with Gasteiger partial charge in [-0.15, -0.1) is 0 Å². The lowest BCUT2D eigenvalue weighted by Crippen LogP contribution is -2.50. The Labute approximate surface area is 175 Å². The third-order valence-electron chi connectivity index (χ3n) is 5.15. The van der Waals surface area contributed by atoms with E-state index in [2.05, 4.69) is 23.4 Å². The van der Waals surface area contributed by atoms with Gasteiger partial charge in [-0.3, -0.25) is 9.59 Å². The molecule has 0 aliphatic carbocycles. The standard InChI is InChI=1S/C22H28N4O4/c1-5-6-9-12-26-20(28)17-11-8-7-10-16(17)19(25-26)21(29)30-13-18(27)24-22(4,14-23)15(2)3/h7-8,10-11,15H,5-6,9,12-13H2,1-4H3,(H,24,27). The maximum atomic E-state index is 12.7. The molecule has 1 aromatic heterocycles. The number of benzene rings is 1. The molecule has 1 unspecified atom stereocenters. The molecule has 0 aliphatic rings. The number of fused-ring (bicyclic) bond motifs is 1. The second kappa shape index (κ2) is 10.0. The second-order valence-corrected chi connectivity index (χ2v) is 7.72. The van der Waals surface area contributed by atoms with Crippen LogP contribution in [0.25, 0.3) is 10.8 Å². The number of ether oxygens (including phenoxy) is 1. The van der Waals surface area contributed by atoms with Crippen LogP contribution >= 0.6 is 0 Å². The van der Waals surface area contributed by atoms with Gasteiger partial charge in [0.15, 0.2) is 12.3 Å². The Morgan fingerprint density at radius 2 is 1.93 bits per heavy atom. The fourth-order valence-corrected chi connectivity index (χ4v) is 2.88. The molecule has 0 saturated heterocycles. The maximum absolute atomic E-state index is 12.7. The predicted molar refractivity (Wildman–Crippen MR) is 113 cm³/mol. The molecule has 1 N–H and O–H groups in total. The largest absolute Gasteiger partial charge is 0.451 e. The van der Waals surface area contributed by atoms with E-state index in [4.69, 9.17) is 4.74 Å². The number of nitrogens with one attached hydrogen (secondary N) is 1. The smallest absolute Gasteiger partial charge is 0.359 e. The summed E-state index contributed by atoms with van der Waals surface area (Å²) < 4.78 is 6.43. The lowest BCUT2D eigenvalue weighted by molar-refractivity contribution is -0.125. The quantitative estimate of drug-likeness (QED) is 0.500. The molecular formula is C22H28N4O4. The van der Waals surface area contributed by atoms with Crippen LogP contribution in [0, 0.1) is 17.2 Å². The lowest BCUT2D eigenvalue weighted by Gasteiger charge is -2.27. The van der Waals surface area contributed by atoms with Gasteiger partial charge in [0.25, 0.3) is 11.5 Å². The number of nitriles is 1. The SMILES string of the molecule is CCCCCn1nc(C(=O)OCC(=O)NC(C)(C#N)C(C)C)c2ccccc2c1=O. The molecule has 0 saturated carbocycles. The first kappa shape index (κ1) is 23.1. The van der Waals surface area contributed by atoms with E-state index in [9.17, 15) is 19.6 Å². The number of esters is 1. The summed E-state index contributed by atoms with van der Waals surface area (Å²) in [5.41, 5.74) is -1.35. The average Bonchev–Trinajstić information content (AvgIpc) is 2.73. The van der Waals surface area contributed by atoms with Crippen LogP contribution in [0.2, 0.25) is 0 Å². The number of nitrogens with zero attached hydrogens (tertiary/aromatic N) is 3. The number of aromatic nitrogens is 2. The summed E-state index contributed by atoms with van der Waals surface area (Å²) in [7, 11) is 0. The highest BCUT2D eigenvalue weighted by Crippen LogP contribution is 2.16. The van der Waals surface area contributed by atoms with E-state index in [1.54, 1.807) is 31.2 Å². The fraction of sp³-hybridized carbons (Fsp3) is 0.500. The van der Waals surface area contributed by atoms with E-state index in [-0.39, 0.29) is 17.2 Å². The van der Waals surface area contributed by atoms with Gasteiger partial charge in [-0.25, -0.2) is 9.48 Å². The summed E-state index contributed by atoms with van der Waals surface area (Å²) in [5.74, 6) is -1.50. The van der Waals surface area contributed by atoms with Gasteiger partial charge in [-0.05, 0) is 25.3 Å². The van der Waals surface area contributed by atoms with E-state index in [1.807, 2.05) is 13.8 Å². The summed E-state index contributed by atoms with van der Waals surface area (Å²) in [6, 6.07) is 8.76. The van der Waals surface area contributed by atoms with Crippen molar-refractivity contribution in [3.8, 4) is 6.07 Å². The Bertz CT molecular complexity index is 1020. The van der Waals surface area contributed by atoms with Crippen molar-refractivity contribution in [3.05, 3.63) is 40.3 Å². The highest BCUT2D eigenvalue weighted by molar-refractivity contribution is 6.02. The third kappa shape index (κ3) is 5.23. The zero-order chi connectivity index (χ0) is 22.3. The van der Waals surface area contributed by atoms with E-state index >= 15 is 0 Å². The summed E-state index contributed by atoms with van der Waals surface area (Å²) in [5, 5.41) is 16.9. The first-order valence-electron chi connectivity index (χ1n) is 10.1. The molecule has 1 amide bonds. The van der Waals surface area contributed by atoms with Gasteiger partial charge in [-0.2, -0.15) is 10.4 Å². The number of carbonyl (C=O) groups excluding carboxylic acids is 2. The van der Waals surface area contributed by atoms with Gasteiger partial charge in [0, 0.05) is 11.9 Å². The van der Waals surface area contributed by atoms with Gasteiger partial charge in [0.1, 0.15) is 5.54 Å². The van der Waals surface area contributed by atoms with Crippen LogP contribution in [0.1, 0.15) is 57.4 Å². The minimum atomic E-state index is -1.07. The van der Waals surface area contributed by atoms with Crippen LogP contribution in [0.15, 0.2) is 29.1 Å². The average molecular weight is 412 g/mol. The number of aryl methyl sites for hydroxylation is 1. The van der Waals surface area contributed by atoms with Crippen LogP contribution in [0.5, 0.6) is 0 Å². The molecular weight excluding hydrogens is 384 g/mol. The molecule has 8 nitrogen and oxygen atoms in total. The zero-order valence-electron chi connectivity index (χ0n) is 17.9. The monoisotopic (exact) mass is 412 g/mol. The third-order valence-corrected chi connectivity index (χ3v) is 5.15. The van der Waals surface area contributed by atoms with Crippen LogP contribution in [-0.4, -0.2) is 33.8 Å². The molecule has 8 heteroatoms. The summed E-state index contributed by atoms with van der Waals surface area (Å²) >= 11 is 0. The van der Waals surface area contributed by atoms with Crippen molar-refractivity contribution < 1.29 is 14.3 Å². The van der Waals surface area contributed by atoms with Crippen molar-refractivity contribution in [2.24, 2.45) is 5.92 Å². The molecule has 2 rings (SSSR count). The number of unbranched alkanes of at least 4 members (excludes halogenated alkanes) is 2. The van der Waals surface area contributed by atoms with Crippen molar-refractivity contribution >= 4 is 22.6 Å². The molecule has 1 atom stereocenters. The Hall–Kier alpha value is -3.21. The molecule has 1 aromatic carbocycles. The van der Waals surface area contributed by atoms with Gasteiger partial charge >= 0.3 is 5.97 Å². The van der Waals surface area contributed by atoms with Crippen molar-refractivity contribution in [2.75, 3.05) is 6.61 Å². The molecule has 0 fully saturated rings. The summed E-state index contributed by atoms with van der Waals surface area (Å²) in [6.07, 6.45) is 2.69. The number of hydrogen-bond donors (Lipinski definition) is 1. The van der Waals surface area contributed by atoms with Gasteiger partial charge < -0.3 is 10.1 Å². The molecule has 0 spiro atoms. The molecule has 2 aromatic rings. The van der Waals surface area contributed by atoms with Crippen molar-refractivity contribution in [2.45, 2.75) is 59.0 Å². The number of amides is 1. The first-order chi connectivity index (χ1) is 14.2. The maximum Gasteiger partial charge on any atom is 0.359 e. The van der Waals surface area contributed by atoms with Gasteiger partial charge in [0.2, 0.25) is 0 Å². The Morgan fingerprint density at radius 3 is 2.53 bits per heavy atom. The highest BCUT2D eigenvalue weighted by atomic mass is 16.5. The Morgan fingerprint density at radius 1 is 1.27 bits per heavy atom. The fourth-order valence-electron chi connectivity index (χ4n) is 2.88. The van der Waals surface area contributed by atoms with Crippen molar-refractivity contribution in [1.29, 1.82) is 5.26 Å². The summed E-state index contributed by atoms with van der Waals surface area (Å²) in [4.78, 5) is 37.6. The lowest BCUT2D eigenvalue weighted by atomic mass is 9.90. The first-order valence-corrected chi connectivity index (χ1v) is 10.1. The van der Waals surface area contributed by atoms with Gasteiger partial charge in [-0.1, -0.05) is 51.8 Å². The van der Waals surface area contributed by atoms with E-state index in [1.165, 1.54) is 4.68 Å². The molecule has 160 valence electrons. The Balaban J connectivity index is 2.23. The minimum Gasteiger partial charge on any atom is -0.451 e. The van der Waals surface area contributed by atoms with Crippen LogP contribution < -0.4 is 10.9 Å². The predicted octanol–water partition coefficient (Wildman–Crippen LogP) is 2.80. The van der Waals surface area contributed by atoms with E-state index < -0.39 is 24.0 Å². The highest BCUT2D eigenvalue weighted by Gasteiger charge is 2.30. The van der Waals surface area contributed by atoms with E-state index in [0.29, 0.717) is 17.3 Å². The molecule has 0 radical (unpaired) electrons. The minimum absolute atomic E-state index is 0.0126. The van der Waals surface area contributed by atoms with Crippen molar-refractivity contribution in [3.63, 3.8) is 0 Å². The topological polar surface area (TPSA) is 114 Å². The van der Waals surface area contributed by atoms with Crippen LogP contribution in [0.4, 0.5) is 0 Å². The van der Waals surface area contributed by atoms with E-state index in [0.717, 1.165) is 19.3 Å². The Kier molecular flexibility index (Phi) is 7.70. The second-order valence-electron chi connectivity index (χ2n) is 7.72. The number of hydrogen-bond acceptors (Lipinski definition) is 6. The molecule has 30 heavy (non-hydrogen) atoms. The van der Waals surface area contributed by atoms with Crippen LogP contribution in [0.3, 0.4) is 0 Å². The molecule has 0 aliphatic heterocycles. The zero-order valence-corrected chi connectivity index (χ0v) is 17.9. The normalized spacial score (nSPS) is 12.9. The van der Waals surface area contributed by atoms with Gasteiger partial charge in [0.05, 0.1) is 11.5 Å². The number of rotatable bonds is 9.